The van der Waals surface area contributed by atoms with Gasteiger partial charge in [-0.05, 0) is 138 Å². The molecule has 172 valence electrons. The summed E-state index contributed by atoms with van der Waals surface area (Å²) in [5, 5.41) is 0. The van der Waals surface area contributed by atoms with Gasteiger partial charge in [0.25, 0.3) is 0 Å². The van der Waals surface area contributed by atoms with Crippen LogP contribution < -0.4 is 0 Å². The molecule has 0 aliphatic heterocycles. The molecule has 5 saturated carbocycles. The van der Waals surface area contributed by atoms with Crippen LogP contribution in [-0.2, 0) is 0 Å². The minimum atomic E-state index is 0.468. The highest BCUT2D eigenvalue weighted by atomic mass is 15.1. The highest BCUT2D eigenvalue weighted by molar-refractivity contribution is 5.31. The van der Waals surface area contributed by atoms with E-state index in [0.29, 0.717) is 33.1 Å². The van der Waals surface area contributed by atoms with Crippen molar-refractivity contribution in [2.24, 2.45) is 44.8 Å². The predicted octanol–water partition coefficient (Wildman–Crippen LogP) is 6.31. The Balaban J connectivity index is 1.48. The summed E-state index contributed by atoms with van der Waals surface area (Å²) in [7, 11) is 9.27. The molecule has 30 heavy (non-hydrogen) atoms. The largest absolute Gasteiger partial charge is 0.306 e. The van der Waals surface area contributed by atoms with Crippen LogP contribution in [0.25, 0.3) is 0 Å². The lowest BCUT2D eigenvalue weighted by Crippen LogP contribution is -2.59. The molecular formula is C28H50N2. The molecule has 4 unspecified atom stereocenters. The molecule has 5 aliphatic carbocycles. The van der Waals surface area contributed by atoms with E-state index in [4.69, 9.17) is 0 Å². The third-order valence-electron chi connectivity index (χ3n) is 13.2. The molecule has 5 rings (SSSR count). The Morgan fingerprint density at radius 1 is 0.700 bits per heavy atom. The van der Waals surface area contributed by atoms with Crippen LogP contribution in [0.2, 0.25) is 0 Å². The summed E-state index contributed by atoms with van der Waals surface area (Å²) in [6.45, 7) is 13.3. The SMILES string of the molecule is C[C@H](C1CC[C@@]2(C)C3CC[C@H]4C(C)(C)[C@@H](N(C)C)CCC45CC35CC[C@]12C)N(C)C. The fraction of sp³-hybridized carbons (Fsp3) is 1.00. The zero-order valence-electron chi connectivity index (χ0n) is 21.6. The maximum atomic E-state index is 2.77. The molecule has 0 aromatic carbocycles. The van der Waals surface area contributed by atoms with Crippen molar-refractivity contribution in [1.82, 2.24) is 9.80 Å². The summed E-state index contributed by atoms with van der Waals surface area (Å²) >= 11 is 0. The fourth-order valence-corrected chi connectivity index (χ4v) is 11.4. The molecule has 0 heterocycles. The molecule has 2 heteroatoms. The zero-order valence-corrected chi connectivity index (χ0v) is 21.6. The van der Waals surface area contributed by atoms with E-state index in [0.717, 1.165) is 23.8 Å². The monoisotopic (exact) mass is 414 g/mol. The molecule has 9 atom stereocenters. The van der Waals surface area contributed by atoms with Gasteiger partial charge < -0.3 is 9.80 Å². The molecule has 0 amide bonds. The number of fused-ring (bicyclic) bond motifs is 2. The van der Waals surface area contributed by atoms with Gasteiger partial charge in [0.15, 0.2) is 0 Å². The predicted molar refractivity (Wildman–Crippen MR) is 128 cm³/mol. The van der Waals surface area contributed by atoms with Gasteiger partial charge in [0, 0.05) is 12.1 Å². The summed E-state index contributed by atoms with van der Waals surface area (Å²) in [6.07, 6.45) is 13.5. The Morgan fingerprint density at radius 2 is 1.33 bits per heavy atom. The third-order valence-corrected chi connectivity index (χ3v) is 13.2. The van der Waals surface area contributed by atoms with Crippen molar-refractivity contribution < 1.29 is 0 Å². The molecule has 5 fully saturated rings. The molecular weight excluding hydrogens is 364 g/mol. The van der Waals surface area contributed by atoms with Gasteiger partial charge in [0.1, 0.15) is 0 Å². The van der Waals surface area contributed by atoms with E-state index < -0.39 is 0 Å². The normalized spacial score (nSPS) is 54.9. The van der Waals surface area contributed by atoms with Crippen molar-refractivity contribution in [2.45, 2.75) is 104 Å². The van der Waals surface area contributed by atoms with Crippen LogP contribution in [0.4, 0.5) is 0 Å². The lowest BCUT2D eigenvalue weighted by Gasteiger charge is -2.64. The lowest BCUT2D eigenvalue weighted by atomic mass is 9.41. The molecule has 0 N–H and O–H groups in total. The van der Waals surface area contributed by atoms with Crippen molar-refractivity contribution in [1.29, 1.82) is 0 Å². The molecule has 5 aliphatic rings. The molecule has 0 bridgehead atoms. The molecule has 2 nitrogen and oxygen atoms in total. The second-order valence-electron chi connectivity index (χ2n) is 14.2. The van der Waals surface area contributed by atoms with E-state index >= 15 is 0 Å². The first-order chi connectivity index (χ1) is 13.9. The van der Waals surface area contributed by atoms with E-state index in [1.807, 2.05) is 0 Å². The van der Waals surface area contributed by atoms with Crippen molar-refractivity contribution in [3.05, 3.63) is 0 Å². The van der Waals surface area contributed by atoms with Crippen LogP contribution in [0, 0.1) is 44.8 Å². The summed E-state index contributed by atoms with van der Waals surface area (Å²) in [4.78, 5) is 5.06. The summed E-state index contributed by atoms with van der Waals surface area (Å²) in [5.41, 5.74) is 2.97. The molecule has 0 aromatic rings. The Labute approximate surface area is 187 Å². The topological polar surface area (TPSA) is 6.48 Å². The summed E-state index contributed by atoms with van der Waals surface area (Å²) < 4.78 is 0. The van der Waals surface area contributed by atoms with Crippen LogP contribution in [-0.4, -0.2) is 50.1 Å². The maximum absolute atomic E-state index is 2.77. The van der Waals surface area contributed by atoms with Gasteiger partial charge in [0.2, 0.25) is 0 Å². The maximum Gasteiger partial charge on any atom is 0.0143 e. The lowest BCUT2D eigenvalue weighted by molar-refractivity contribution is -0.152. The molecule has 0 aromatic heterocycles. The summed E-state index contributed by atoms with van der Waals surface area (Å²) in [6, 6.07) is 1.48. The number of hydrogen-bond donors (Lipinski definition) is 0. The third kappa shape index (κ3) is 2.29. The molecule has 2 spiro atoms. The van der Waals surface area contributed by atoms with E-state index in [2.05, 4.69) is 72.6 Å². The standard InChI is InChI=1S/C28H50N2/c1-19(29(6)7)20-12-14-26(5)22-11-10-21-24(2,3)23(30(8)9)13-15-27(21)18-28(22,27)17-16-25(20,26)4/h19-23H,10-18H2,1-9H3/t19-,20?,21+,22?,23+,25-,26+,27?,28?/m1/s1. The average Bonchev–Trinajstić information content (AvgIpc) is 3.23. The summed E-state index contributed by atoms with van der Waals surface area (Å²) in [5.74, 6) is 2.82. The number of rotatable bonds is 3. The van der Waals surface area contributed by atoms with Crippen LogP contribution in [0.15, 0.2) is 0 Å². The van der Waals surface area contributed by atoms with E-state index in [-0.39, 0.29) is 0 Å². The van der Waals surface area contributed by atoms with Crippen LogP contribution in [0.1, 0.15) is 92.4 Å². The zero-order chi connectivity index (χ0) is 21.9. The minimum Gasteiger partial charge on any atom is -0.306 e. The quantitative estimate of drug-likeness (QED) is 0.534. The Bertz CT molecular complexity index is 711. The number of nitrogens with zero attached hydrogens (tertiary/aromatic N) is 2. The van der Waals surface area contributed by atoms with E-state index in [9.17, 15) is 0 Å². The van der Waals surface area contributed by atoms with Gasteiger partial charge in [-0.1, -0.05) is 27.7 Å². The molecule has 0 radical (unpaired) electrons. The highest BCUT2D eigenvalue weighted by Gasteiger charge is 2.82. The Hall–Kier alpha value is -0.0800. The first kappa shape index (κ1) is 21.7. The average molecular weight is 415 g/mol. The van der Waals surface area contributed by atoms with Crippen LogP contribution in [0.3, 0.4) is 0 Å². The highest BCUT2D eigenvalue weighted by Crippen LogP contribution is 2.89. The van der Waals surface area contributed by atoms with Gasteiger partial charge in [-0.15, -0.1) is 0 Å². The van der Waals surface area contributed by atoms with Gasteiger partial charge in [0.05, 0.1) is 0 Å². The Morgan fingerprint density at radius 3 is 1.97 bits per heavy atom. The van der Waals surface area contributed by atoms with Crippen molar-refractivity contribution >= 4 is 0 Å². The molecule has 0 saturated heterocycles. The second kappa shape index (κ2) is 6.28. The number of hydrogen-bond acceptors (Lipinski definition) is 2. The van der Waals surface area contributed by atoms with Gasteiger partial charge in [-0.3, -0.25) is 0 Å². The van der Waals surface area contributed by atoms with Crippen LogP contribution in [0.5, 0.6) is 0 Å². The van der Waals surface area contributed by atoms with Crippen molar-refractivity contribution in [2.75, 3.05) is 28.2 Å². The smallest absolute Gasteiger partial charge is 0.0143 e. The second-order valence-corrected chi connectivity index (χ2v) is 14.2. The fourth-order valence-electron chi connectivity index (χ4n) is 11.4. The van der Waals surface area contributed by atoms with Gasteiger partial charge >= 0.3 is 0 Å². The first-order valence-corrected chi connectivity index (χ1v) is 13.2. The van der Waals surface area contributed by atoms with Crippen molar-refractivity contribution in [3.8, 4) is 0 Å². The van der Waals surface area contributed by atoms with E-state index in [1.165, 1.54) is 44.9 Å². The minimum absolute atomic E-state index is 0.468. The van der Waals surface area contributed by atoms with Gasteiger partial charge in [-0.2, -0.15) is 0 Å². The van der Waals surface area contributed by atoms with Gasteiger partial charge in [-0.25, -0.2) is 0 Å². The van der Waals surface area contributed by atoms with Crippen LogP contribution >= 0.6 is 0 Å². The Kier molecular flexibility index (Phi) is 4.55. The van der Waals surface area contributed by atoms with Crippen molar-refractivity contribution in [3.63, 3.8) is 0 Å². The van der Waals surface area contributed by atoms with E-state index in [1.54, 1.807) is 12.8 Å². The first-order valence-electron chi connectivity index (χ1n) is 13.2.